The summed E-state index contributed by atoms with van der Waals surface area (Å²) in [5, 5.41) is 10.0. The van der Waals surface area contributed by atoms with Crippen LogP contribution in [0.15, 0.2) is 60.7 Å². The van der Waals surface area contributed by atoms with Crippen LogP contribution in [-0.2, 0) is 24.6 Å². The Balaban J connectivity index is 0.00000144. The van der Waals surface area contributed by atoms with E-state index in [4.69, 9.17) is 9.47 Å². The maximum absolute atomic E-state index is 6.47. The van der Waals surface area contributed by atoms with Crippen LogP contribution in [0.5, 0.6) is 11.5 Å². The lowest BCUT2D eigenvalue weighted by Crippen LogP contribution is -3.00. The molecule has 218 valence electrons. The van der Waals surface area contributed by atoms with E-state index in [-0.39, 0.29) is 45.4 Å². The van der Waals surface area contributed by atoms with Gasteiger partial charge in [0.25, 0.3) is 0 Å². The highest BCUT2D eigenvalue weighted by Crippen LogP contribution is 2.47. The number of rotatable bonds is 0. The molecule has 6 aliphatic rings. The van der Waals surface area contributed by atoms with Crippen molar-refractivity contribution in [2.75, 3.05) is 0 Å². The molecule has 9 rings (SSSR count). The monoisotopic (exact) mass is 726 g/mol. The predicted octanol–water partition coefficient (Wildman–Crippen LogP) is -0.388. The van der Waals surface area contributed by atoms with Gasteiger partial charge in [0.15, 0.2) is 0 Å². The van der Waals surface area contributed by atoms with Gasteiger partial charge in [-0.3, -0.25) is 0 Å². The normalized spacial score (nSPS) is 29.3. The Morgan fingerprint density at radius 1 is 0.667 bits per heavy atom. The molecule has 0 spiro atoms. The molecule has 4 atom stereocenters. The van der Waals surface area contributed by atoms with Crippen molar-refractivity contribution in [3.63, 3.8) is 0 Å². The fourth-order valence-electron chi connectivity index (χ4n) is 7.43. The number of halogens is 2. The summed E-state index contributed by atoms with van der Waals surface area (Å²) in [6.45, 7) is 6.22. The molecule has 2 N–H and O–H groups in total. The first kappa shape index (κ1) is 28.6. The summed E-state index contributed by atoms with van der Waals surface area (Å²) in [4.78, 5) is 0. The Morgan fingerprint density at radius 3 is 1.55 bits per heavy atom. The Morgan fingerprint density at radius 2 is 1.10 bits per heavy atom. The molecule has 0 aliphatic carbocycles. The first-order valence-electron chi connectivity index (χ1n) is 14.2. The van der Waals surface area contributed by atoms with Crippen LogP contribution in [0.4, 0.5) is 0 Å². The minimum atomic E-state index is -0.371. The molecule has 0 fully saturated rings. The van der Waals surface area contributed by atoms with Crippen LogP contribution >= 0.6 is 23.5 Å². The number of ether oxygens (including phenoxy) is 2. The molecule has 6 heterocycles. The van der Waals surface area contributed by atoms with Gasteiger partial charge >= 0.3 is 10.3 Å². The molecule has 0 unspecified atom stereocenters. The highest BCUT2D eigenvalue weighted by Gasteiger charge is 2.52. The third-order valence-corrected chi connectivity index (χ3v) is 11.5. The van der Waals surface area contributed by atoms with Gasteiger partial charge in [-0.1, -0.05) is 48.5 Å². The lowest BCUT2D eigenvalue weighted by molar-refractivity contribution is -0.599. The summed E-state index contributed by atoms with van der Waals surface area (Å²) in [7, 11) is 0. The van der Waals surface area contributed by atoms with E-state index in [1.807, 2.05) is 23.5 Å². The second-order valence-corrected chi connectivity index (χ2v) is 14.2. The Bertz CT molecular complexity index is 1570. The van der Waals surface area contributed by atoms with E-state index in [0.29, 0.717) is 12.1 Å². The minimum Gasteiger partial charge on any atom is -1.00 e. The largest absolute Gasteiger partial charge is 1.00 e. The summed E-state index contributed by atoms with van der Waals surface area (Å²) < 4.78 is 18.1. The average molecular weight is 729 g/mol. The molecule has 10 heteroatoms. The van der Waals surface area contributed by atoms with E-state index in [2.05, 4.69) is 94.3 Å². The molecule has 0 aromatic heterocycles. The van der Waals surface area contributed by atoms with Gasteiger partial charge in [0.05, 0.1) is 12.8 Å². The first-order valence-corrected chi connectivity index (χ1v) is 16.2. The maximum Gasteiger partial charge on any atom is 0.310 e. The minimum absolute atomic E-state index is 0. The zero-order chi connectivity index (χ0) is 26.6. The van der Waals surface area contributed by atoms with Crippen LogP contribution in [0.1, 0.15) is 72.2 Å². The molecule has 42 heavy (non-hydrogen) atoms. The second-order valence-electron chi connectivity index (χ2n) is 12.3. The van der Waals surface area contributed by atoms with Crippen LogP contribution in [0.2, 0.25) is 0 Å². The van der Waals surface area contributed by atoms with Gasteiger partial charge in [0, 0.05) is 36.5 Å². The van der Waals surface area contributed by atoms with Gasteiger partial charge in [-0.15, -0.1) is 0 Å². The lowest BCUT2D eigenvalue weighted by atomic mass is 9.90. The third-order valence-electron chi connectivity index (χ3n) is 9.34. The van der Waals surface area contributed by atoms with E-state index in [9.17, 15) is 0 Å². The average Bonchev–Trinajstić information content (AvgIpc) is 3.22. The van der Waals surface area contributed by atoms with Crippen LogP contribution in [0, 0.1) is 0 Å². The molecular formula is C32H32Br2N4O2S2. The van der Waals surface area contributed by atoms with Crippen molar-refractivity contribution >= 4 is 33.9 Å². The highest BCUT2D eigenvalue weighted by atomic mass is 79.9. The molecule has 0 radical (unpaired) electrons. The number of hydrogen-bond acceptors (Lipinski definition) is 6. The number of para-hydroxylation sites is 2. The molecule has 6 aliphatic heterocycles. The number of fused-ring (bicyclic) bond motifs is 12. The van der Waals surface area contributed by atoms with Crippen molar-refractivity contribution in [3.8, 4) is 11.5 Å². The number of thioether (sulfide) groups is 2. The molecule has 3 aromatic carbocycles. The first-order chi connectivity index (χ1) is 19.4. The number of hydrogen-bond donors (Lipinski definition) is 2. The molecule has 3 aromatic rings. The molecule has 0 saturated carbocycles. The Labute approximate surface area is 275 Å². The summed E-state index contributed by atoms with van der Waals surface area (Å²) in [5.41, 5.74) is 7.68. The smallest absolute Gasteiger partial charge is 0.310 e. The van der Waals surface area contributed by atoms with Gasteiger partial charge in [-0.2, -0.15) is 0 Å². The van der Waals surface area contributed by atoms with Gasteiger partial charge in [-0.25, -0.2) is 19.8 Å². The fourth-order valence-corrected chi connectivity index (χ4v) is 9.84. The Hall–Kier alpha value is -2.14. The number of nitrogens with one attached hydrogen (secondary N) is 2. The summed E-state index contributed by atoms with van der Waals surface area (Å²) in [6.07, 6.45) is 1.87. The van der Waals surface area contributed by atoms with Gasteiger partial charge in [0.1, 0.15) is 36.7 Å². The fraction of sp³-hybridized carbons (Fsp3) is 0.375. The van der Waals surface area contributed by atoms with Crippen molar-refractivity contribution in [1.29, 1.82) is 0 Å². The van der Waals surface area contributed by atoms with Gasteiger partial charge < -0.3 is 43.4 Å². The standard InChI is InChI=1S/C32H30N4O2S2.2BrH/c1-31-13-25(23-7-3-5-9-27(23)37-31)35-15-19-11-22-18-40-30-34-32(2)14-26(24-8-4-6-10-28(24)38-32)36(30)16-20(22)12-21(19)17-39-29(35)33-31;;/h3-12,25-26H,13-18H2,1-2H3;2*1H/t25-,26+,31-,32+;;. The van der Waals surface area contributed by atoms with Crippen LogP contribution in [-0.4, -0.2) is 30.9 Å². The van der Waals surface area contributed by atoms with E-state index in [0.717, 1.165) is 48.9 Å². The second kappa shape index (κ2) is 10.2. The topological polar surface area (TPSA) is 48.5 Å². The summed E-state index contributed by atoms with van der Waals surface area (Å²) >= 11 is 3.84. The van der Waals surface area contributed by atoms with Gasteiger partial charge in [0.2, 0.25) is 11.4 Å². The molecule has 6 nitrogen and oxygen atoms in total. The lowest BCUT2D eigenvalue weighted by Gasteiger charge is -2.41. The van der Waals surface area contributed by atoms with E-state index in [1.165, 1.54) is 43.7 Å². The Kier molecular flexibility index (Phi) is 6.96. The van der Waals surface area contributed by atoms with E-state index >= 15 is 0 Å². The molecular weight excluding hydrogens is 696 g/mol. The zero-order valence-corrected chi connectivity index (χ0v) is 28.3. The predicted molar refractivity (Wildman–Crippen MR) is 159 cm³/mol. The van der Waals surface area contributed by atoms with Crippen molar-refractivity contribution in [2.24, 2.45) is 0 Å². The van der Waals surface area contributed by atoms with Crippen LogP contribution < -0.4 is 54.1 Å². The zero-order valence-electron chi connectivity index (χ0n) is 23.5. The SMILES string of the molecule is C[C@@]12C[C@@H](c3ccccc3O1)[N+]1=C(N2)SCc2cc3c(cc2C1)CSC1=[N+](C3)[C@@H]2C[C@](C)(N1)Oc1ccccc12.[Br-].[Br-]. The molecule has 0 amide bonds. The highest BCUT2D eigenvalue weighted by molar-refractivity contribution is 8.13. The molecule has 4 bridgehead atoms. The maximum atomic E-state index is 6.47. The summed E-state index contributed by atoms with van der Waals surface area (Å²) in [6, 6.07) is 22.8. The van der Waals surface area contributed by atoms with Crippen molar-refractivity contribution in [2.45, 2.75) is 74.8 Å². The van der Waals surface area contributed by atoms with Crippen molar-refractivity contribution in [3.05, 3.63) is 94.0 Å². The molecule has 0 saturated heterocycles. The quantitative estimate of drug-likeness (QED) is 0.308. The van der Waals surface area contributed by atoms with E-state index < -0.39 is 0 Å². The van der Waals surface area contributed by atoms with Crippen LogP contribution in [0.3, 0.4) is 0 Å². The van der Waals surface area contributed by atoms with Crippen molar-refractivity contribution < 1.29 is 52.6 Å². The number of amidine groups is 2. The third kappa shape index (κ3) is 4.42. The van der Waals surface area contributed by atoms with Gasteiger partial charge in [-0.05, 0) is 57.9 Å². The van der Waals surface area contributed by atoms with Crippen molar-refractivity contribution in [1.82, 2.24) is 10.6 Å². The number of benzene rings is 3. The summed E-state index contributed by atoms with van der Waals surface area (Å²) in [5.74, 6) is 3.94. The van der Waals surface area contributed by atoms with Crippen LogP contribution in [0.25, 0.3) is 0 Å². The number of nitrogens with zero attached hydrogens (tertiary/aromatic N) is 2. The van der Waals surface area contributed by atoms with E-state index in [1.54, 1.807) is 0 Å².